The summed E-state index contributed by atoms with van der Waals surface area (Å²) >= 11 is 1.86. The Hall–Kier alpha value is -0.220. The summed E-state index contributed by atoms with van der Waals surface area (Å²) in [5.74, 6) is 0.490. The number of carbonyl (C=O) groups is 1. The highest BCUT2D eigenvalue weighted by atomic mass is 32.2. The van der Waals surface area contributed by atoms with E-state index in [1.807, 2.05) is 11.8 Å². The van der Waals surface area contributed by atoms with Gasteiger partial charge in [-0.15, -0.1) is 0 Å². The van der Waals surface area contributed by atoms with Gasteiger partial charge in [-0.05, 0) is 44.7 Å². The van der Waals surface area contributed by atoms with Gasteiger partial charge in [-0.2, -0.15) is 11.8 Å². The molecule has 0 amide bonds. The Kier molecular flexibility index (Phi) is 9.19. The smallest absolute Gasteiger partial charge is 0.303 e. The van der Waals surface area contributed by atoms with Crippen LogP contribution in [0.1, 0.15) is 32.6 Å². The molecule has 0 aliphatic heterocycles. The number of carboxylic acids is 1. The van der Waals surface area contributed by atoms with Gasteiger partial charge in [-0.1, -0.05) is 0 Å². The molecule has 3 nitrogen and oxygen atoms in total. The highest BCUT2D eigenvalue weighted by Crippen LogP contribution is 2.00. The van der Waals surface area contributed by atoms with E-state index in [9.17, 15) is 4.79 Å². The van der Waals surface area contributed by atoms with Gasteiger partial charge >= 0.3 is 5.97 Å². The third kappa shape index (κ3) is 9.86. The Morgan fingerprint density at radius 1 is 1.50 bits per heavy atom. The van der Waals surface area contributed by atoms with Crippen LogP contribution in [0.4, 0.5) is 0 Å². The van der Waals surface area contributed by atoms with Gasteiger partial charge in [0.2, 0.25) is 0 Å². The first-order valence-corrected chi connectivity index (χ1v) is 6.50. The molecule has 84 valence electrons. The summed E-state index contributed by atoms with van der Waals surface area (Å²) in [7, 11) is 0. The third-order valence-corrected chi connectivity index (χ3v) is 2.71. The summed E-state index contributed by atoms with van der Waals surface area (Å²) in [4.78, 5) is 10.2. The van der Waals surface area contributed by atoms with E-state index in [1.165, 1.54) is 12.2 Å². The van der Waals surface area contributed by atoms with Crippen molar-refractivity contribution in [2.24, 2.45) is 0 Å². The molecule has 0 aromatic carbocycles. The van der Waals surface area contributed by atoms with E-state index in [-0.39, 0.29) is 0 Å². The molecule has 0 fully saturated rings. The average molecular weight is 219 g/mol. The van der Waals surface area contributed by atoms with Crippen molar-refractivity contribution < 1.29 is 9.90 Å². The lowest BCUT2D eigenvalue weighted by Crippen LogP contribution is -2.27. The van der Waals surface area contributed by atoms with Gasteiger partial charge in [0, 0.05) is 12.5 Å². The lowest BCUT2D eigenvalue weighted by atomic mass is 10.2. The molecule has 0 aromatic rings. The molecule has 4 heteroatoms. The molecule has 1 unspecified atom stereocenters. The summed E-state index contributed by atoms with van der Waals surface area (Å²) < 4.78 is 0. The van der Waals surface area contributed by atoms with Crippen LogP contribution in [-0.4, -0.2) is 35.7 Å². The predicted octanol–water partition coefficient (Wildman–Crippen LogP) is 1.97. The van der Waals surface area contributed by atoms with Crippen molar-refractivity contribution >= 4 is 17.7 Å². The number of unbranched alkanes of at least 4 members (excludes halogenated alkanes) is 1. The minimum absolute atomic E-state index is 0.293. The topological polar surface area (TPSA) is 49.3 Å². The SMILES string of the molecule is CSCCC(C)NCCCCC(=O)O. The van der Waals surface area contributed by atoms with Gasteiger partial charge in [-0.3, -0.25) is 4.79 Å². The number of hydrogen-bond donors (Lipinski definition) is 2. The first-order chi connectivity index (χ1) is 6.66. The number of rotatable bonds is 9. The molecule has 0 aliphatic rings. The van der Waals surface area contributed by atoms with Crippen LogP contribution in [0.2, 0.25) is 0 Å². The fourth-order valence-electron chi connectivity index (χ4n) is 1.15. The highest BCUT2D eigenvalue weighted by molar-refractivity contribution is 7.98. The van der Waals surface area contributed by atoms with E-state index < -0.39 is 5.97 Å². The van der Waals surface area contributed by atoms with Gasteiger partial charge in [0.05, 0.1) is 0 Å². The van der Waals surface area contributed by atoms with Crippen molar-refractivity contribution in [1.29, 1.82) is 0 Å². The highest BCUT2D eigenvalue weighted by Gasteiger charge is 2.00. The van der Waals surface area contributed by atoms with Crippen molar-refractivity contribution in [1.82, 2.24) is 5.32 Å². The molecular weight excluding hydrogens is 198 g/mol. The Morgan fingerprint density at radius 3 is 2.79 bits per heavy atom. The van der Waals surface area contributed by atoms with E-state index >= 15 is 0 Å². The normalized spacial score (nSPS) is 12.7. The standard InChI is InChI=1S/C10H21NO2S/c1-9(6-8-14-2)11-7-4-3-5-10(12)13/h9,11H,3-8H2,1-2H3,(H,12,13). The molecule has 0 aromatic heterocycles. The summed E-state index contributed by atoms with van der Waals surface area (Å²) in [6.45, 7) is 3.11. The molecule has 0 rings (SSSR count). The minimum atomic E-state index is -0.694. The monoisotopic (exact) mass is 219 g/mol. The average Bonchev–Trinajstić information content (AvgIpc) is 2.13. The zero-order valence-corrected chi connectivity index (χ0v) is 9.90. The van der Waals surface area contributed by atoms with E-state index in [4.69, 9.17) is 5.11 Å². The summed E-state index contributed by atoms with van der Waals surface area (Å²) in [5, 5.41) is 11.8. The Morgan fingerprint density at radius 2 is 2.21 bits per heavy atom. The number of hydrogen-bond acceptors (Lipinski definition) is 3. The largest absolute Gasteiger partial charge is 0.481 e. The molecule has 0 aliphatic carbocycles. The second kappa shape index (κ2) is 9.34. The third-order valence-electron chi connectivity index (χ3n) is 2.07. The number of aliphatic carboxylic acids is 1. The molecule has 0 bridgehead atoms. The maximum absolute atomic E-state index is 10.2. The van der Waals surface area contributed by atoms with Crippen molar-refractivity contribution in [3.63, 3.8) is 0 Å². The molecule has 0 heterocycles. The molecule has 1 atom stereocenters. The first-order valence-electron chi connectivity index (χ1n) is 5.11. The van der Waals surface area contributed by atoms with Crippen LogP contribution in [0, 0.1) is 0 Å². The second-order valence-electron chi connectivity index (χ2n) is 3.49. The van der Waals surface area contributed by atoms with Crippen LogP contribution in [0.25, 0.3) is 0 Å². The number of nitrogens with one attached hydrogen (secondary N) is 1. The summed E-state index contributed by atoms with van der Waals surface area (Å²) in [6, 6.07) is 0.548. The van der Waals surface area contributed by atoms with Crippen LogP contribution < -0.4 is 5.32 Å². The van der Waals surface area contributed by atoms with Gasteiger partial charge in [-0.25, -0.2) is 0 Å². The second-order valence-corrected chi connectivity index (χ2v) is 4.47. The van der Waals surface area contributed by atoms with Gasteiger partial charge in [0.1, 0.15) is 0 Å². The maximum Gasteiger partial charge on any atom is 0.303 e. The molecule has 14 heavy (non-hydrogen) atoms. The molecule has 0 saturated heterocycles. The molecular formula is C10H21NO2S. The van der Waals surface area contributed by atoms with Gasteiger partial charge in [0.25, 0.3) is 0 Å². The fourth-order valence-corrected chi connectivity index (χ4v) is 1.74. The molecule has 0 spiro atoms. The quantitative estimate of drug-likeness (QED) is 0.582. The number of carboxylic acid groups (broad SMARTS) is 1. The van der Waals surface area contributed by atoms with E-state index in [2.05, 4.69) is 18.5 Å². The van der Waals surface area contributed by atoms with Crippen LogP contribution in [0.5, 0.6) is 0 Å². The molecule has 0 radical (unpaired) electrons. The van der Waals surface area contributed by atoms with Crippen LogP contribution in [0.15, 0.2) is 0 Å². The van der Waals surface area contributed by atoms with Crippen LogP contribution in [-0.2, 0) is 4.79 Å². The number of thioether (sulfide) groups is 1. The summed E-state index contributed by atoms with van der Waals surface area (Å²) in [6.07, 6.45) is 5.31. The Balaban J connectivity index is 3.14. The van der Waals surface area contributed by atoms with E-state index in [0.717, 1.165) is 19.4 Å². The van der Waals surface area contributed by atoms with E-state index in [1.54, 1.807) is 0 Å². The van der Waals surface area contributed by atoms with Crippen molar-refractivity contribution in [2.45, 2.75) is 38.6 Å². The lowest BCUT2D eigenvalue weighted by Gasteiger charge is -2.12. The fraction of sp³-hybridized carbons (Fsp3) is 0.900. The predicted molar refractivity (Wildman–Crippen MR) is 62.0 cm³/mol. The Bertz CT molecular complexity index is 153. The first kappa shape index (κ1) is 13.8. The maximum atomic E-state index is 10.2. The summed E-state index contributed by atoms with van der Waals surface area (Å²) in [5.41, 5.74) is 0. The molecule has 0 saturated carbocycles. The minimum Gasteiger partial charge on any atom is -0.481 e. The Labute approximate surface area is 90.7 Å². The van der Waals surface area contributed by atoms with Crippen molar-refractivity contribution in [3.8, 4) is 0 Å². The van der Waals surface area contributed by atoms with Crippen molar-refractivity contribution in [3.05, 3.63) is 0 Å². The van der Waals surface area contributed by atoms with Crippen LogP contribution >= 0.6 is 11.8 Å². The van der Waals surface area contributed by atoms with Crippen LogP contribution in [0.3, 0.4) is 0 Å². The van der Waals surface area contributed by atoms with Crippen molar-refractivity contribution in [2.75, 3.05) is 18.6 Å². The van der Waals surface area contributed by atoms with E-state index in [0.29, 0.717) is 12.5 Å². The van der Waals surface area contributed by atoms with Gasteiger partial charge < -0.3 is 10.4 Å². The molecule has 2 N–H and O–H groups in total. The van der Waals surface area contributed by atoms with Gasteiger partial charge in [0.15, 0.2) is 0 Å². The zero-order chi connectivity index (χ0) is 10.8. The zero-order valence-electron chi connectivity index (χ0n) is 9.08. The lowest BCUT2D eigenvalue weighted by molar-refractivity contribution is -0.137.